The molecule has 1 heterocycles. The van der Waals surface area contributed by atoms with Crippen molar-refractivity contribution in [3.63, 3.8) is 0 Å². The lowest BCUT2D eigenvalue weighted by Gasteiger charge is -2.15. The van der Waals surface area contributed by atoms with Crippen molar-refractivity contribution in [2.24, 2.45) is 0 Å². The topological polar surface area (TPSA) is 42.4 Å². The van der Waals surface area contributed by atoms with Crippen LogP contribution in [0.25, 0.3) is 0 Å². The van der Waals surface area contributed by atoms with E-state index in [1.807, 2.05) is 0 Å². The molecule has 1 aromatic rings. The maximum Gasteiger partial charge on any atom is 0.280 e. The zero-order chi connectivity index (χ0) is 13.4. The van der Waals surface area contributed by atoms with Crippen molar-refractivity contribution in [2.75, 3.05) is 0 Å². The van der Waals surface area contributed by atoms with Gasteiger partial charge in [-0.05, 0) is 13.8 Å². The molecule has 0 spiro atoms. The zero-order valence-corrected chi connectivity index (χ0v) is 10.0. The third kappa shape index (κ3) is 2.16. The van der Waals surface area contributed by atoms with Gasteiger partial charge in [-0.3, -0.25) is 4.98 Å². The number of alkyl halides is 3. The van der Waals surface area contributed by atoms with Crippen LogP contribution in [0.4, 0.5) is 13.2 Å². The zero-order valence-electron chi connectivity index (χ0n) is 10.0. The summed E-state index contributed by atoms with van der Waals surface area (Å²) in [4.78, 5) is 3.59. The predicted octanol–water partition coefficient (Wildman–Crippen LogP) is 2.73. The van der Waals surface area contributed by atoms with E-state index in [0.717, 1.165) is 0 Å². The normalized spacial score (nSPS) is 22.7. The number of hydrogen-bond acceptors (Lipinski definition) is 3. The molecule has 0 aromatic carbocycles. The Morgan fingerprint density at radius 1 is 1.44 bits per heavy atom. The molecular weight excluding hydrogens is 247 g/mol. The molecule has 0 saturated carbocycles. The van der Waals surface area contributed by atoms with Crippen molar-refractivity contribution in [3.8, 4) is 5.75 Å². The summed E-state index contributed by atoms with van der Waals surface area (Å²) in [6.45, 7) is 3.54. The van der Waals surface area contributed by atoms with Crippen LogP contribution < -0.4 is 4.74 Å². The number of hydrogen-bond donors (Lipinski definition) is 1. The van der Waals surface area contributed by atoms with Crippen molar-refractivity contribution in [1.29, 1.82) is 0 Å². The molecule has 6 heteroatoms. The van der Waals surface area contributed by atoms with Crippen molar-refractivity contribution in [2.45, 2.75) is 45.1 Å². The van der Waals surface area contributed by atoms with E-state index < -0.39 is 24.4 Å². The molecule has 18 heavy (non-hydrogen) atoms. The van der Waals surface area contributed by atoms with Gasteiger partial charge in [-0.1, -0.05) is 0 Å². The van der Waals surface area contributed by atoms with Gasteiger partial charge in [0.05, 0.1) is 12.3 Å². The second-order valence-electron chi connectivity index (χ2n) is 4.53. The van der Waals surface area contributed by atoms with Gasteiger partial charge in [0.25, 0.3) is 6.43 Å². The Balaban J connectivity index is 2.51. The highest BCUT2D eigenvalue weighted by molar-refractivity contribution is 5.47. The van der Waals surface area contributed by atoms with Crippen molar-refractivity contribution in [1.82, 2.24) is 4.98 Å². The summed E-state index contributed by atoms with van der Waals surface area (Å²) in [6.07, 6.45) is -5.11. The number of halogens is 3. The minimum Gasteiger partial charge on any atom is -0.489 e. The largest absolute Gasteiger partial charge is 0.489 e. The fourth-order valence-electron chi connectivity index (χ4n) is 2.12. The maximum atomic E-state index is 13.5. The smallest absolute Gasteiger partial charge is 0.280 e. The highest BCUT2D eigenvalue weighted by Crippen LogP contribution is 2.42. The Morgan fingerprint density at radius 3 is 2.67 bits per heavy atom. The van der Waals surface area contributed by atoms with Crippen LogP contribution >= 0.6 is 0 Å². The fourth-order valence-corrected chi connectivity index (χ4v) is 2.12. The van der Waals surface area contributed by atoms with Gasteiger partial charge in [0.2, 0.25) is 0 Å². The molecule has 0 bridgehead atoms. The van der Waals surface area contributed by atoms with Crippen molar-refractivity contribution >= 4 is 0 Å². The molecule has 0 aliphatic heterocycles. The fraction of sp³-hybridized carbons (Fsp3) is 0.583. The van der Waals surface area contributed by atoms with E-state index in [1.165, 1.54) is 6.20 Å². The molecule has 0 radical (unpaired) electrons. The van der Waals surface area contributed by atoms with Gasteiger partial charge in [-0.25, -0.2) is 13.2 Å². The van der Waals surface area contributed by atoms with Gasteiger partial charge in [0.15, 0.2) is 0 Å². The van der Waals surface area contributed by atoms with Crippen LogP contribution in [0, 0.1) is 0 Å². The van der Waals surface area contributed by atoms with Gasteiger partial charge >= 0.3 is 0 Å². The molecule has 1 aliphatic rings. The van der Waals surface area contributed by atoms with Gasteiger partial charge in [-0.15, -0.1) is 0 Å². The van der Waals surface area contributed by atoms with E-state index in [0.29, 0.717) is 5.56 Å². The number of ether oxygens (including phenoxy) is 1. The van der Waals surface area contributed by atoms with Crippen LogP contribution in [0.15, 0.2) is 6.20 Å². The van der Waals surface area contributed by atoms with E-state index in [9.17, 15) is 18.3 Å². The molecule has 100 valence electrons. The minimum atomic E-state index is -2.84. The van der Waals surface area contributed by atoms with Crippen LogP contribution in [0.5, 0.6) is 5.75 Å². The van der Waals surface area contributed by atoms with Gasteiger partial charge in [0, 0.05) is 17.5 Å². The molecule has 0 fully saturated rings. The minimum absolute atomic E-state index is 0.115. The number of pyridine rings is 1. The average Bonchev–Trinajstić information content (AvgIpc) is 2.56. The van der Waals surface area contributed by atoms with Crippen LogP contribution in [0.3, 0.4) is 0 Å². The van der Waals surface area contributed by atoms with Gasteiger partial charge in [0.1, 0.15) is 23.7 Å². The van der Waals surface area contributed by atoms with Gasteiger partial charge < -0.3 is 9.84 Å². The monoisotopic (exact) mass is 261 g/mol. The highest BCUT2D eigenvalue weighted by Gasteiger charge is 2.38. The quantitative estimate of drug-likeness (QED) is 0.909. The van der Waals surface area contributed by atoms with E-state index in [4.69, 9.17) is 4.74 Å². The Morgan fingerprint density at radius 2 is 2.11 bits per heavy atom. The van der Waals surface area contributed by atoms with E-state index in [2.05, 4.69) is 4.98 Å². The highest BCUT2D eigenvalue weighted by atomic mass is 19.3. The van der Waals surface area contributed by atoms with Crippen LogP contribution in [-0.2, 0) is 6.42 Å². The predicted molar refractivity (Wildman–Crippen MR) is 58.5 cm³/mol. The van der Waals surface area contributed by atoms with E-state index in [1.54, 1.807) is 13.8 Å². The van der Waals surface area contributed by atoms with E-state index in [-0.39, 0.29) is 23.8 Å². The standard InChI is InChI=1S/C12H14F3NO2/c1-5(2)18-8-4-16-10(12(14)15)9-6(8)3-7(13)11(9)17/h4-5,7,11-12,17H,3H2,1-2H3/t7-,11-/m1/s1. The average molecular weight is 261 g/mol. The molecule has 1 N–H and O–H groups in total. The van der Waals surface area contributed by atoms with Crippen molar-refractivity contribution < 1.29 is 23.0 Å². The lowest BCUT2D eigenvalue weighted by molar-refractivity contribution is 0.0850. The second kappa shape index (κ2) is 4.76. The summed E-state index contributed by atoms with van der Waals surface area (Å²) in [7, 11) is 0. The SMILES string of the molecule is CC(C)Oc1cnc(C(F)F)c2c1C[C@@H](F)[C@H]2O. The van der Waals surface area contributed by atoms with Gasteiger partial charge in [-0.2, -0.15) is 0 Å². The summed E-state index contributed by atoms with van der Waals surface area (Å²) in [5, 5.41) is 9.63. The van der Waals surface area contributed by atoms with E-state index >= 15 is 0 Å². The number of aliphatic hydroxyl groups excluding tert-OH is 1. The summed E-state index contributed by atoms with van der Waals surface area (Å²) < 4.78 is 44.5. The maximum absolute atomic E-state index is 13.5. The first-order valence-electron chi connectivity index (χ1n) is 5.70. The molecule has 0 saturated heterocycles. The molecule has 1 aliphatic carbocycles. The number of aromatic nitrogens is 1. The molecule has 0 amide bonds. The number of aliphatic hydroxyl groups is 1. The van der Waals surface area contributed by atoms with Crippen LogP contribution in [-0.4, -0.2) is 22.4 Å². The lowest BCUT2D eigenvalue weighted by Crippen LogP contribution is -2.10. The number of nitrogens with zero attached hydrogens (tertiary/aromatic N) is 1. The van der Waals surface area contributed by atoms with Crippen LogP contribution in [0.1, 0.15) is 43.2 Å². The molecule has 0 unspecified atom stereocenters. The first-order chi connectivity index (χ1) is 8.41. The summed E-state index contributed by atoms with van der Waals surface area (Å²) in [5.74, 6) is 0.267. The lowest BCUT2D eigenvalue weighted by atomic mass is 10.1. The van der Waals surface area contributed by atoms with Crippen molar-refractivity contribution in [3.05, 3.63) is 23.0 Å². The van der Waals surface area contributed by atoms with Crippen LogP contribution in [0.2, 0.25) is 0 Å². The third-order valence-corrected chi connectivity index (χ3v) is 2.83. The first kappa shape index (κ1) is 13.1. The molecule has 2 atom stereocenters. The first-order valence-corrected chi connectivity index (χ1v) is 5.70. The molecule has 1 aromatic heterocycles. The third-order valence-electron chi connectivity index (χ3n) is 2.83. The Kier molecular flexibility index (Phi) is 3.47. The Bertz CT molecular complexity index is 451. The summed E-state index contributed by atoms with van der Waals surface area (Å²) >= 11 is 0. The Hall–Kier alpha value is -1.30. The summed E-state index contributed by atoms with van der Waals surface area (Å²) in [5.41, 5.74) is -0.376. The molecule has 3 nitrogen and oxygen atoms in total. The summed E-state index contributed by atoms with van der Waals surface area (Å²) in [6, 6.07) is 0. The Labute approximate surface area is 103 Å². The molecular formula is C12H14F3NO2. The molecule has 2 rings (SSSR count). The number of rotatable bonds is 3. The second-order valence-corrected chi connectivity index (χ2v) is 4.53. The number of fused-ring (bicyclic) bond motifs is 1.